The molecule has 1 aromatic carbocycles. The molecular weight excluding hydrogens is 465 g/mol. The summed E-state index contributed by atoms with van der Waals surface area (Å²) in [6.07, 6.45) is 1.98. The number of nitrogens with one attached hydrogen (secondary N) is 1. The second-order valence-corrected chi connectivity index (χ2v) is 10.1. The Labute approximate surface area is 210 Å². The summed E-state index contributed by atoms with van der Waals surface area (Å²) in [5.41, 5.74) is 0.942. The van der Waals surface area contributed by atoms with Crippen LogP contribution in [0.25, 0.3) is 0 Å². The standard InChI is InChI=1S/C26H34FN5O4/c1-26(2,3)28-25(34)31(11-10-30-12-15-35-16-13-30)18-24(33)32-22(23-5-4-14-36-23)17-21(29-32)19-6-8-20(27)9-7-19/h4-9,14,22H,10-13,15-18H2,1-3H3,(H,28,34)/t22-/m0/s1. The summed E-state index contributed by atoms with van der Waals surface area (Å²) < 4.78 is 24.5. The molecule has 1 N–H and O–H groups in total. The average molecular weight is 500 g/mol. The van der Waals surface area contributed by atoms with E-state index in [-0.39, 0.29) is 24.3 Å². The van der Waals surface area contributed by atoms with Crippen molar-refractivity contribution in [2.75, 3.05) is 45.9 Å². The van der Waals surface area contributed by atoms with Crippen molar-refractivity contribution in [1.29, 1.82) is 0 Å². The minimum absolute atomic E-state index is 0.135. The van der Waals surface area contributed by atoms with Gasteiger partial charge in [0.15, 0.2) is 0 Å². The van der Waals surface area contributed by atoms with Gasteiger partial charge in [0.05, 0.1) is 25.2 Å². The van der Waals surface area contributed by atoms with Crippen LogP contribution < -0.4 is 5.32 Å². The molecule has 0 bridgehead atoms. The minimum Gasteiger partial charge on any atom is -0.467 e. The van der Waals surface area contributed by atoms with E-state index in [0.717, 1.165) is 18.7 Å². The van der Waals surface area contributed by atoms with Gasteiger partial charge in [-0.05, 0) is 50.6 Å². The normalized spacial score (nSPS) is 18.7. The van der Waals surface area contributed by atoms with Crippen LogP contribution in [-0.2, 0) is 9.53 Å². The molecule has 0 spiro atoms. The molecule has 1 fully saturated rings. The maximum Gasteiger partial charge on any atom is 0.318 e. The highest BCUT2D eigenvalue weighted by molar-refractivity contribution is 6.03. The molecule has 2 aliphatic heterocycles. The van der Waals surface area contributed by atoms with Crippen molar-refractivity contribution in [3.05, 3.63) is 59.8 Å². The van der Waals surface area contributed by atoms with Crippen molar-refractivity contribution in [2.24, 2.45) is 5.10 Å². The molecule has 0 radical (unpaired) electrons. The lowest BCUT2D eigenvalue weighted by Gasteiger charge is -2.32. The van der Waals surface area contributed by atoms with Gasteiger partial charge in [0.25, 0.3) is 5.91 Å². The number of nitrogens with zero attached hydrogens (tertiary/aromatic N) is 4. The number of carbonyl (C=O) groups is 2. The maximum atomic E-state index is 13.6. The lowest BCUT2D eigenvalue weighted by Crippen LogP contribution is -2.53. The Kier molecular flexibility index (Phi) is 8.05. The van der Waals surface area contributed by atoms with E-state index in [1.807, 2.05) is 20.8 Å². The van der Waals surface area contributed by atoms with Gasteiger partial charge in [-0.3, -0.25) is 9.69 Å². The quantitative estimate of drug-likeness (QED) is 0.632. The first-order chi connectivity index (χ1) is 17.2. The van der Waals surface area contributed by atoms with Crippen LogP contribution in [0.3, 0.4) is 0 Å². The zero-order valence-electron chi connectivity index (χ0n) is 21.1. The summed E-state index contributed by atoms with van der Waals surface area (Å²) in [6, 6.07) is 8.85. The maximum absolute atomic E-state index is 13.6. The first kappa shape index (κ1) is 25.8. The fourth-order valence-corrected chi connectivity index (χ4v) is 4.23. The van der Waals surface area contributed by atoms with Crippen LogP contribution in [0.15, 0.2) is 52.2 Å². The number of furan rings is 1. The molecule has 36 heavy (non-hydrogen) atoms. The van der Waals surface area contributed by atoms with Gasteiger partial charge >= 0.3 is 6.03 Å². The van der Waals surface area contributed by atoms with E-state index in [9.17, 15) is 14.0 Å². The molecule has 3 heterocycles. The van der Waals surface area contributed by atoms with E-state index in [4.69, 9.17) is 9.15 Å². The van der Waals surface area contributed by atoms with Gasteiger partial charge < -0.3 is 19.4 Å². The highest BCUT2D eigenvalue weighted by atomic mass is 19.1. The number of ether oxygens (including phenoxy) is 1. The van der Waals surface area contributed by atoms with E-state index in [0.29, 0.717) is 44.2 Å². The molecule has 1 saturated heterocycles. The average Bonchev–Trinajstić information content (AvgIpc) is 3.52. The third-order valence-electron chi connectivity index (χ3n) is 6.10. The Morgan fingerprint density at radius 1 is 1.17 bits per heavy atom. The predicted molar refractivity (Wildman–Crippen MR) is 133 cm³/mol. The number of amides is 3. The Balaban J connectivity index is 1.53. The number of benzene rings is 1. The number of carbonyl (C=O) groups excluding carboxylic acids is 2. The van der Waals surface area contributed by atoms with Crippen molar-refractivity contribution < 1.29 is 23.1 Å². The van der Waals surface area contributed by atoms with Crippen molar-refractivity contribution in [1.82, 2.24) is 20.1 Å². The molecule has 10 heteroatoms. The van der Waals surface area contributed by atoms with Gasteiger partial charge in [0.1, 0.15) is 24.2 Å². The number of hydrogen-bond donors (Lipinski definition) is 1. The number of rotatable bonds is 7. The summed E-state index contributed by atoms with van der Waals surface area (Å²) in [5, 5.41) is 8.95. The van der Waals surface area contributed by atoms with E-state index in [1.54, 1.807) is 30.5 Å². The molecule has 3 amide bonds. The largest absolute Gasteiger partial charge is 0.467 e. The van der Waals surface area contributed by atoms with Crippen LogP contribution in [0.2, 0.25) is 0 Å². The van der Waals surface area contributed by atoms with Gasteiger partial charge in [-0.2, -0.15) is 5.10 Å². The SMILES string of the molecule is CC(C)(C)NC(=O)N(CCN1CCOCC1)CC(=O)N1N=C(c2ccc(F)cc2)C[C@H]1c1ccco1. The molecule has 0 aliphatic carbocycles. The third-order valence-corrected chi connectivity index (χ3v) is 6.10. The van der Waals surface area contributed by atoms with E-state index >= 15 is 0 Å². The zero-order valence-corrected chi connectivity index (χ0v) is 21.1. The number of hydrazone groups is 1. The number of urea groups is 1. The van der Waals surface area contributed by atoms with Crippen molar-refractivity contribution in [3.63, 3.8) is 0 Å². The second-order valence-electron chi connectivity index (χ2n) is 10.1. The highest BCUT2D eigenvalue weighted by Gasteiger charge is 2.36. The topological polar surface area (TPSA) is 90.6 Å². The van der Waals surface area contributed by atoms with Crippen LogP contribution in [0, 0.1) is 5.82 Å². The fourth-order valence-electron chi connectivity index (χ4n) is 4.23. The Morgan fingerprint density at radius 2 is 1.89 bits per heavy atom. The van der Waals surface area contributed by atoms with Crippen LogP contribution in [-0.4, -0.2) is 83.9 Å². The van der Waals surface area contributed by atoms with Gasteiger partial charge in [-0.15, -0.1) is 0 Å². The third kappa shape index (κ3) is 6.70. The van der Waals surface area contributed by atoms with Gasteiger partial charge in [0.2, 0.25) is 0 Å². The predicted octanol–water partition coefficient (Wildman–Crippen LogP) is 3.24. The molecule has 194 valence electrons. The summed E-state index contributed by atoms with van der Waals surface area (Å²) in [7, 11) is 0. The Morgan fingerprint density at radius 3 is 2.53 bits per heavy atom. The molecule has 2 aliphatic rings. The highest BCUT2D eigenvalue weighted by Crippen LogP contribution is 2.33. The van der Waals surface area contributed by atoms with Gasteiger partial charge in [-0.25, -0.2) is 14.2 Å². The lowest BCUT2D eigenvalue weighted by molar-refractivity contribution is -0.134. The number of hydrogen-bond acceptors (Lipinski definition) is 6. The van der Waals surface area contributed by atoms with Crippen LogP contribution in [0.4, 0.5) is 9.18 Å². The van der Waals surface area contributed by atoms with Crippen molar-refractivity contribution in [2.45, 2.75) is 38.8 Å². The van der Waals surface area contributed by atoms with E-state index < -0.39 is 11.6 Å². The lowest BCUT2D eigenvalue weighted by atomic mass is 10.0. The summed E-state index contributed by atoms with van der Waals surface area (Å²) >= 11 is 0. The first-order valence-corrected chi connectivity index (χ1v) is 12.3. The molecule has 2 aromatic rings. The van der Waals surface area contributed by atoms with Crippen LogP contribution >= 0.6 is 0 Å². The molecular formula is C26H34FN5O4. The second kappa shape index (κ2) is 11.2. The molecule has 0 saturated carbocycles. The van der Waals surface area contributed by atoms with Crippen LogP contribution in [0.5, 0.6) is 0 Å². The van der Waals surface area contributed by atoms with Gasteiger partial charge in [0, 0.05) is 38.1 Å². The smallest absolute Gasteiger partial charge is 0.318 e. The first-order valence-electron chi connectivity index (χ1n) is 12.3. The Bertz CT molecular complexity index is 1060. The summed E-state index contributed by atoms with van der Waals surface area (Å²) in [5.74, 6) is -0.0589. The van der Waals surface area contributed by atoms with Crippen molar-refractivity contribution >= 4 is 17.6 Å². The van der Waals surface area contributed by atoms with Gasteiger partial charge in [-0.1, -0.05) is 12.1 Å². The van der Waals surface area contributed by atoms with Crippen molar-refractivity contribution in [3.8, 4) is 0 Å². The van der Waals surface area contributed by atoms with E-state index in [1.165, 1.54) is 22.0 Å². The Hall–Kier alpha value is -3.24. The molecule has 9 nitrogen and oxygen atoms in total. The molecule has 1 aromatic heterocycles. The molecule has 1 atom stereocenters. The molecule has 0 unspecified atom stereocenters. The summed E-state index contributed by atoms with van der Waals surface area (Å²) in [6.45, 7) is 9.50. The number of halogens is 1. The monoisotopic (exact) mass is 499 g/mol. The fraction of sp³-hybridized carbons (Fsp3) is 0.500. The van der Waals surface area contributed by atoms with Crippen LogP contribution in [0.1, 0.15) is 44.6 Å². The number of morpholine rings is 1. The minimum atomic E-state index is -0.449. The molecule has 4 rings (SSSR count). The zero-order chi connectivity index (χ0) is 25.7. The van der Waals surface area contributed by atoms with E-state index in [2.05, 4.69) is 15.3 Å². The summed E-state index contributed by atoms with van der Waals surface area (Å²) in [4.78, 5) is 30.5.